The van der Waals surface area contributed by atoms with Crippen molar-refractivity contribution in [3.63, 3.8) is 0 Å². The van der Waals surface area contributed by atoms with Crippen LogP contribution in [0.4, 0.5) is 0 Å². The van der Waals surface area contributed by atoms with Crippen molar-refractivity contribution in [3.8, 4) is 0 Å². The quantitative estimate of drug-likeness (QED) is 0.626. The van der Waals surface area contributed by atoms with E-state index >= 15 is 0 Å². The lowest BCUT2D eigenvalue weighted by atomic mass is 9.88. The number of carbonyl (C=O) groups is 1. The number of likely N-dealkylation sites (tertiary alicyclic amines) is 1. The van der Waals surface area contributed by atoms with Crippen LogP contribution in [0.25, 0.3) is 0 Å². The molecule has 0 saturated carbocycles. The van der Waals surface area contributed by atoms with E-state index in [2.05, 4.69) is 10.2 Å². The molecule has 1 heterocycles. The van der Waals surface area contributed by atoms with E-state index in [1.54, 1.807) is 0 Å². The first-order valence-corrected chi connectivity index (χ1v) is 4.84. The van der Waals surface area contributed by atoms with Crippen LogP contribution >= 0.6 is 0 Å². The number of amides is 1. The lowest BCUT2D eigenvalue weighted by Crippen LogP contribution is -2.63. The van der Waals surface area contributed by atoms with Gasteiger partial charge in [0.2, 0.25) is 5.91 Å². The van der Waals surface area contributed by atoms with Crippen LogP contribution in [0.1, 0.15) is 19.8 Å². The molecule has 3 N–H and O–H groups in total. The molecule has 1 rings (SSSR count). The number of likely N-dealkylation sites (N-methyl/N-ethyl adjacent to an activating group) is 2. The minimum atomic E-state index is -0.484. The Bertz CT molecular complexity index is 191. The van der Waals surface area contributed by atoms with Crippen molar-refractivity contribution in [2.75, 3.05) is 26.7 Å². The van der Waals surface area contributed by atoms with Crippen molar-refractivity contribution >= 4 is 5.91 Å². The Morgan fingerprint density at radius 3 is 2.85 bits per heavy atom. The zero-order chi connectivity index (χ0) is 9.90. The average Bonchev–Trinajstić information content (AvgIpc) is 2.04. The number of rotatable bonds is 3. The van der Waals surface area contributed by atoms with Gasteiger partial charge in [-0.15, -0.1) is 0 Å². The molecule has 1 saturated heterocycles. The zero-order valence-electron chi connectivity index (χ0n) is 8.47. The number of hydrogen-bond acceptors (Lipinski definition) is 3. The van der Waals surface area contributed by atoms with E-state index in [1.807, 2.05) is 14.0 Å². The monoisotopic (exact) mass is 185 g/mol. The smallest absolute Gasteiger partial charge is 0.239 e. The summed E-state index contributed by atoms with van der Waals surface area (Å²) in [6, 6.07) is 0. The largest absolute Gasteiger partial charge is 0.368 e. The van der Waals surface area contributed by atoms with Gasteiger partial charge in [0.05, 0.1) is 0 Å². The SMILES string of the molecule is CCNC1(C(N)=O)CCCN(C)C1. The van der Waals surface area contributed by atoms with Crippen molar-refractivity contribution in [1.82, 2.24) is 10.2 Å². The highest BCUT2D eigenvalue weighted by Crippen LogP contribution is 2.19. The van der Waals surface area contributed by atoms with E-state index in [4.69, 9.17) is 5.73 Å². The second kappa shape index (κ2) is 4.07. The van der Waals surface area contributed by atoms with Crippen LogP contribution in [-0.4, -0.2) is 43.0 Å². The fourth-order valence-electron chi connectivity index (χ4n) is 2.04. The van der Waals surface area contributed by atoms with Crippen LogP contribution < -0.4 is 11.1 Å². The molecule has 76 valence electrons. The molecule has 1 atom stereocenters. The third-order valence-corrected chi connectivity index (χ3v) is 2.67. The van der Waals surface area contributed by atoms with Gasteiger partial charge in [-0.25, -0.2) is 0 Å². The fraction of sp³-hybridized carbons (Fsp3) is 0.889. The molecular formula is C9H19N3O. The Hall–Kier alpha value is -0.610. The predicted molar refractivity (Wildman–Crippen MR) is 52.3 cm³/mol. The summed E-state index contributed by atoms with van der Waals surface area (Å²) in [5.41, 5.74) is 4.94. The van der Waals surface area contributed by atoms with Crippen LogP contribution in [0.2, 0.25) is 0 Å². The average molecular weight is 185 g/mol. The van der Waals surface area contributed by atoms with Crippen LogP contribution in [0.3, 0.4) is 0 Å². The number of piperidine rings is 1. The van der Waals surface area contributed by atoms with Gasteiger partial charge in [-0.2, -0.15) is 0 Å². The van der Waals surface area contributed by atoms with Gasteiger partial charge in [0.25, 0.3) is 0 Å². The van der Waals surface area contributed by atoms with Crippen LogP contribution in [0, 0.1) is 0 Å². The van der Waals surface area contributed by atoms with E-state index in [-0.39, 0.29) is 5.91 Å². The molecule has 0 aliphatic carbocycles. The first kappa shape index (κ1) is 10.5. The van der Waals surface area contributed by atoms with Gasteiger partial charge < -0.3 is 16.0 Å². The minimum absolute atomic E-state index is 0.221. The number of nitrogens with one attached hydrogen (secondary N) is 1. The van der Waals surface area contributed by atoms with Crippen molar-refractivity contribution in [1.29, 1.82) is 0 Å². The van der Waals surface area contributed by atoms with E-state index in [9.17, 15) is 4.79 Å². The molecule has 0 spiro atoms. The van der Waals surface area contributed by atoms with Gasteiger partial charge in [-0.05, 0) is 33.0 Å². The van der Waals surface area contributed by atoms with E-state index in [0.29, 0.717) is 0 Å². The highest BCUT2D eigenvalue weighted by Gasteiger charge is 2.38. The predicted octanol–water partition coefficient (Wildman–Crippen LogP) is -0.454. The third-order valence-electron chi connectivity index (χ3n) is 2.67. The van der Waals surface area contributed by atoms with Crippen LogP contribution in [0.5, 0.6) is 0 Å². The summed E-state index contributed by atoms with van der Waals surface area (Å²) in [6.07, 6.45) is 1.90. The lowest BCUT2D eigenvalue weighted by Gasteiger charge is -2.39. The summed E-state index contributed by atoms with van der Waals surface area (Å²) >= 11 is 0. The number of hydrogen-bond donors (Lipinski definition) is 2. The maximum atomic E-state index is 11.3. The van der Waals surface area contributed by atoms with E-state index < -0.39 is 5.54 Å². The standard InChI is InChI=1S/C9H19N3O/c1-3-11-9(8(10)13)5-4-6-12(2)7-9/h11H,3-7H2,1-2H3,(H2,10,13). The Morgan fingerprint density at radius 2 is 2.38 bits per heavy atom. The molecule has 0 bridgehead atoms. The lowest BCUT2D eigenvalue weighted by molar-refractivity contribution is -0.126. The summed E-state index contributed by atoms with van der Waals surface area (Å²) in [5, 5.41) is 3.21. The van der Waals surface area contributed by atoms with Gasteiger partial charge in [0.1, 0.15) is 5.54 Å². The highest BCUT2D eigenvalue weighted by molar-refractivity contribution is 5.85. The molecular weight excluding hydrogens is 166 g/mol. The molecule has 1 aliphatic heterocycles. The fourth-order valence-corrected chi connectivity index (χ4v) is 2.04. The number of nitrogens with zero attached hydrogens (tertiary/aromatic N) is 1. The third kappa shape index (κ3) is 2.19. The molecule has 0 aromatic carbocycles. The highest BCUT2D eigenvalue weighted by atomic mass is 16.1. The van der Waals surface area contributed by atoms with Gasteiger partial charge >= 0.3 is 0 Å². The van der Waals surface area contributed by atoms with Crippen LogP contribution in [-0.2, 0) is 4.79 Å². The molecule has 13 heavy (non-hydrogen) atoms. The van der Waals surface area contributed by atoms with Crippen LogP contribution in [0.15, 0.2) is 0 Å². The summed E-state index contributed by atoms with van der Waals surface area (Å²) in [5.74, 6) is -0.221. The topological polar surface area (TPSA) is 58.4 Å². The van der Waals surface area contributed by atoms with E-state index in [1.165, 1.54) is 0 Å². The molecule has 1 fully saturated rings. The Morgan fingerprint density at radius 1 is 1.69 bits per heavy atom. The van der Waals surface area contributed by atoms with Crippen molar-refractivity contribution in [2.45, 2.75) is 25.3 Å². The second-order valence-corrected chi connectivity index (χ2v) is 3.82. The molecule has 1 aliphatic rings. The van der Waals surface area contributed by atoms with Crippen molar-refractivity contribution in [2.24, 2.45) is 5.73 Å². The number of primary amides is 1. The minimum Gasteiger partial charge on any atom is -0.368 e. The number of nitrogens with two attached hydrogens (primary N) is 1. The molecule has 0 radical (unpaired) electrons. The van der Waals surface area contributed by atoms with Crippen molar-refractivity contribution in [3.05, 3.63) is 0 Å². The summed E-state index contributed by atoms with van der Waals surface area (Å²) in [7, 11) is 2.02. The molecule has 0 aromatic rings. The number of carbonyl (C=O) groups excluding carboxylic acids is 1. The zero-order valence-corrected chi connectivity index (χ0v) is 8.47. The first-order valence-electron chi connectivity index (χ1n) is 4.84. The van der Waals surface area contributed by atoms with Gasteiger partial charge in [0.15, 0.2) is 0 Å². The second-order valence-electron chi connectivity index (χ2n) is 3.82. The molecule has 1 amide bonds. The normalized spacial score (nSPS) is 30.3. The van der Waals surface area contributed by atoms with Gasteiger partial charge in [0, 0.05) is 6.54 Å². The molecule has 4 nitrogen and oxygen atoms in total. The Balaban J connectivity index is 2.70. The summed E-state index contributed by atoms with van der Waals surface area (Å²) in [6.45, 7) is 4.58. The Labute approximate surface area is 79.5 Å². The first-order chi connectivity index (χ1) is 6.10. The summed E-state index contributed by atoms with van der Waals surface area (Å²) in [4.78, 5) is 13.5. The maximum Gasteiger partial charge on any atom is 0.239 e. The van der Waals surface area contributed by atoms with Crippen molar-refractivity contribution < 1.29 is 4.79 Å². The Kier molecular flexibility index (Phi) is 3.27. The van der Waals surface area contributed by atoms with Gasteiger partial charge in [-0.3, -0.25) is 4.79 Å². The molecule has 0 aromatic heterocycles. The molecule has 1 unspecified atom stereocenters. The van der Waals surface area contributed by atoms with Gasteiger partial charge in [-0.1, -0.05) is 6.92 Å². The molecule has 4 heteroatoms. The van der Waals surface area contributed by atoms with E-state index in [0.717, 1.165) is 32.5 Å². The summed E-state index contributed by atoms with van der Waals surface area (Å²) < 4.78 is 0. The maximum absolute atomic E-state index is 11.3.